The molecule has 0 aliphatic carbocycles. The van der Waals surface area contributed by atoms with Crippen molar-refractivity contribution in [3.63, 3.8) is 0 Å². The molecule has 1 heterocycles. The number of urea groups is 1. The van der Waals surface area contributed by atoms with Crippen LogP contribution < -0.4 is 5.32 Å². The smallest absolute Gasteiger partial charge is 0.321 e. The molecule has 3 amide bonds. The fourth-order valence-corrected chi connectivity index (χ4v) is 2.13. The second-order valence-corrected chi connectivity index (χ2v) is 4.74. The van der Waals surface area contributed by atoms with Crippen LogP contribution in [-0.4, -0.2) is 47.9 Å². The van der Waals surface area contributed by atoms with Gasteiger partial charge in [-0.05, 0) is 18.6 Å². The van der Waals surface area contributed by atoms with E-state index in [0.717, 1.165) is 11.3 Å². The number of rotatable bonds is 1. The van der Waals surface area contributed by atoms with Gasteiger partial charge in [-0.3, -0.25) is 4.79 Å². The van der Waals surface area contributed by atoms with Crippen LogP contribution in [0, 0.1) is 6.92 Å². The number of amides is 3. The van der Waals surface area contributed by atoms with Crippen LogP contribution in [0.1, 0.15) is 12.5 Å². The summed E-state index contributed by atoms with van der Waals surface area (Å²) in [6.45, 7) is 5.90. The zero-order valence-corrected chi connectivity index (χ0v) is 11.3. The number of benzene rings is 1. The van der Waals surface area contributed by atoms with Crippen LogP contribution in [0.4, 0.5) is 10.5 Å². The third-order valence-electron chi connectivity index (χ3n) is 3.40. The van der Waals surface area contributed by atoms with E-state index in [1.807, 2.05) is 31.2 Å². The summed E-state index contributed by atoms with van der Waals surface area (Å²) in [5.74, 6) is 0.0685. The van der Waals surface area contributed by atoms with Gasteiger partial charge in [0.15, 0.2) is 0 Å². The van der Waals surface area contributed by atoms with Gasteiger partial charge in [-0.2, -0.15) is 0 Å². The molecule has 5 heteroatoms. The predicted octanol–water partition coefficient (Wildman–Crippen LogP) is 1.69. The average Bonchev–Trinajstić information content (AvgIpc) is 2.41. The van der Waals surface area contributed by atoms with Crippen molar-refractivity contribution in [2.24, 2.45) is 0 Å². The standard InChI is InChI=1S/C14H19N3O2/c1-11-5-3-4-6-13(11)15-14(19)17-9-7-16(8-10-17)12(2)18/h3-6H,7-10H2,1-2H3,(H,15,19). The number of carbonyl (C=O) groups is 2. The molecule has 0 atom stereocenters. The first-order valence-electron chi connectivity index (χ1n) is 6.45. The summed E-state index contributed by atoms with van der Waals surface area (Å²) in [5, 5.41) is 2.91. The summed E-state index contributed by atoms with van der Waals surface area (Å²) in [6, 6.07) is 7.59. The normalized spacial score (nSPS) is 15.3. The van der Waals surface area contributed by atoms with Gasteiger partial charge in [-0.1, -0.05) is 18.2 Å². The Bertz CT molecular complexity index is 479. The minimum Gasteiger partial charge on any atom is -0.339 e. The Morgan fingerprint density at radius 2 is 1.63 bits per heavy atom. The average molecular weight is 261 g/mol. The highest BCUT2D eigenvalue weighted by atomic mass is 16.2. The molecule has 102 valence electrons. The molecule has 1 aliphatic heterocycles. The number of carbonyl (C=O) groups excluding carboxylic acids is 2. The first kappa shape index (κ1) is 13.4. The third-order valence-corrected chi connectivity index (χ3v) is 3.40. The highest BCUT2D eigenvalue weighted by Gasteiger charge is 2.22. The van der Waals surface area contributed by atoms with Crippen LogP contribution in [-0.2, 0) is 4.79 Å². The molecule has 5 nitrogen and oxygen atoms in total. The topological polar surface area (TPSA) is 52.7 Å². The number of hydrogen-bond donors (Lipinski definition) is 1. The lowest BCUT2D eigenvalue weighted by molar-refractivity contribution is -0.130. The lowest BCUT2D eigenvalue weighted by atomic mass is 10.2. The molecule has 19 heavy (non-hydrogen) atoms. The van der Waals surface area contributed by atoms with Crippen molar-refractivity contribution in [1.82, 2.24) is 9.80 Å². The monoisotopic (exact) mass is 261 g/mol. The molecule has 1 N–H and O–H groups in total. The summed E-state index contributed by atoms with van der Waals surface area (Å²) < 4.78 is 0. The van der Waals surface area contributed by atoms with E-state index in [2.05, 4.69) is 5.32 Å². The molecule has 2 rings (SSSR count). The van der Waals surface area contributed by atoms with Gasteiger partial charge in [0, 0.05) is 38.8 Å². The Labute approximate surface area is 113 Å². The Kier molecular flexibility index (Phi) is 4.04. The molecule has 0 aromatic heterocycles. The lowest BCUT2D eigenvalue weighted by Gasteiger charge is -2.34. The van der Waals surface area contributed by atoms with Gasteiger partial charge in [0.2, 0.25) is 5.91 Å². The summed E-state index contributed by atoms with van der Waals surface area (Å²) in [7, 11) is 0. The minimum absolute atomic E-state index is 0.0685. The van der Waals surface area contributed by atoms with Crippen molar-refractivity contribution in [3.8, 4) is 0 Å². The maximum absolute atomic E-state index is 12.1. The molecule has 1 fully saturated rings. The van der Waals surface area contributed by atoms with E-state index in [1.54, 1.807) is 16.7 Å². The van der Waals surface area contributed by atoms with Gasteiger partial charge < -0.3 is 15.1 Å². The van der Waals surface area contributed by atoms with Crippen LogP contribution >= 0.6 is 0 Å². The van der Waals surface area contributed by atoms with Crippen LogP contribution in [0.3, 0.4) is 0 Å². The molecule has 0 unspecified atom stereocenters. The Morgan fingerprint density at radius 3 is 2.21 bits per heavy atom. The molecule has 0 radical (unpaired) electrons. The SMILES string of the molecule is CC(=O)N1CCN(C(=O)Nc2ccccc2C)CC1. The zero-order valence-electron chi connectivity index (χ0n) is 11.3. The van der Waals surface area contributed by atoms with E-state index in [0.29, 0.717) is 26.2 Å². The lowest BCUT2D eigenvalue weighted by Crippen LogP contribution is -2.51. The molecule has 1 saturated heterocycles. The molecular formula is C14H19N3O2. The van der Waals surface area contributed by atoms with E-state index in [-0.39, 0.29) is 11.9 Å². The minimum atomic E-state index is -0.0995. The predicted molar refractivity (Wildman–Crippen MR) is 74.0 cm³/mol. The van der Waals surface area contributed by atoms with Crippen molar-refractivity contribution in [2.75, 3.05) is 31.5 Å². The van der Waals surface area contributed by atoms with Gasteiger partial charge in [0.1, 0.15) is 0 Å². The highest BCUT2D eigenvalue weighted by Crippen LogP contribution is 2.14. The van der Waals surface area contributed by atoms with Gasteiger partial charge in [-0.25, -0.2) is 4.79 Å². The number of hydrogen-bond acceptors (Lipinski definition) is 2. The van der Waals surface area contributed by atoms with Crippen molar-refractivity contribution in [1.29, 1.82) is 0 Å². The van der Waals surface area contributed by atoms with Crippen molar-refractivity contribution >= 4 is 17.6 Å². The summed E-state index contributed by atoms with van der Waals surface area (Å²) in [5.41, 5.74) is 1.87. The van der Waals surface area contributed by atoms with Gasteiger partial charge in [-0.15, -0.1) is 0 Å². The van der Waals surface area contributed by atoms with Gasteiger partial charge in [0.05, 0.1) is 0 Å². The van der Waals surface area contributed by atoms with Crippen LogP contribution in [0.2, 0.25) is 0 Å². The maximum atomic E-state index is 12.1. The zero-order chi connectivity index (χ0) is 13.8. The highest BCUT2D eigenvalue weighted by molar-refractivity contribution is 5.90. The first-order valence-corrected chi connectivity index (χ1v) is 6.45. The van der Waals surface area contributed by atoms with Crippen LogP contribution in [0.15, 0.2) is 24.3 Å². The Balaban J connectivity index is 1.92. The number of nitrogens with one attached hydrogen (secondary N) is 1. The second kappa shape index (κ2) is 5.73. The van der Waals surface area contributed by atoms with Crippen LogP contribution in [0.5, 0.6) is 0 Å². The van der Waals surface area contributed by atoms with E-state index in [9.17, 15) is 9.59 Å². The Morgan fingerprint density at radius 1 is 1.05 bits per heavy atom. The van der Waals surface area contributed by atoms with Crippen molar-refractivity contribution in [2.45, 2.75) is 13.8 Å². The molecule has 0 saturated carbocycles. The number of nitrogens with zero attached hydrogens (tertiary/aromatic N) is 2. The molecule has 1 aromatic rings. The van der Waals surface area contributed by atoms with Gasteiger partial charge >= 0.3 is 6.03 Å². The van der Waals surface area contributed by atoms with Crippen molar-refractivity contribution < 1.29 is 9.59 Å². The van der Waals surface area contributed by atoms with E-state index in [4.69, 9.17) is 0 Å². The maximum Gasteiger partial charge on any atom is 0.321 e. The first-order chi connectivity index (χ1) is 9.08. The number of anilines is 1. The number of aryl methyl sites for hydroxylation is 1. The van der Waals surface area contributed by atoms with E-state index >= 15 is 0 Å². The van der Waals surface area contributed by atoms with E-state index < -0.39 is 0 Å². The molecule has 1 aliphatic rings. The molecule has 1 aromatic carbocycles. The largest absolute Gasteiger partial charge is 0.339 e. The molecule has 0 spiro atoms. The number of piperazine rings is 1. The van der Waals surface area contributed by atoms with Crippen LogP contribution in [0.25, 0.3) is 0 Å². The molecular weight excluding hydrogens is 242 g/mol. The summed E-state index contributed by atoms with van der Waals surface area (Å²) in [4.78, 5) is 26.8. The number of para-hydroxylation sites is 1. The third kappa shape index (κ3) is 3.24. The van der Waals surface area contributed by atoms with E-state index in [1.165, 1.54) is 0 Å². The van der Waals surface area contributed by atoms with Crippen molar-refractivity contribution in [3.05, 3.63) is 29.8 Å². The van der Waals surface area contributed by atoms with Gasteiger partial charge in [0.25, 0.3) is 0 Å². The quantitative estimate of drug-likeness (QED) is 0.836. The Hall–Kier alpha value is -2.04. The summed E-state index contributed by atoms with van der Waals surface area (Å²) in [6.07, 6.45) is 0. The fourth-order valence-electron chi connectivity index (χ4n) is 2.13. The second-order valence-electron chi connectivity index (χ2n) is 4.74. The fraction of sp³-hybridized carbons (Fsp3) is 0.429. The summed E-state index contributed by atoms with van der Waals surface area (Å²) >= 11 is 0. The molecule has 0 bridgehead atoms.